The fourth-order valence-corrected chi connectivity index (χ4v) is 1.65. The van der Waals surface area contributed by atoms with Gasteiger partial charge in [0.1, 0.15) is 0 Å². The van der Waals surface area contributed by atoms with Gasteiger partial charge in [-0.2, -0.15) is 0 Å². The zero-order valence-electron chi connectivity index (χ0n) is 9.75. The first-order valence-corrected chi connectivity index (χ1v) is 6.23. The maximum Gasteiger partial charge on any atom is 0.0564 e. The second-order valence-electron chi connectivity index (χ2n) is 3.96. The molecule has 17 heavy (non-hydrogen) atoms. The Morgan fingerprint density at radius 2 is 1.76 bits per heavy atom. The Labute approximate surface area is 110 Å². The van der Waals surface area contributed by atoms with E-state index in [2.05, 4.69) is 12.2 Å². The van der Waals surface area contributed by atoms with Gasteiger partial charge in [0.25, 0.3) is 0 Å². The summed E-state index contributed by atoms with van der Waals surface area (Å²) in [6.45, 7) is 4.10. The molecule has 1 aliphatic rings. The zero-order chi connectivity index (χ0) is 11.8. The quantitative estimate of drug-likeness (QED) is 0.809. The van der Waals surface area contributed by atoms with Crippen LogP contribution in [0.3, 0.4) is 0 Å². The Morgan fingerprint density at radius 3 is 2.12 bits per heavy atom. The van der Waals surface area contributed by atoms with E-state index in [-0.39, 0.29) is 13.5 Å². The molecular weight excluding hydrogens is 234 g/mol. The summed E-state index contributed by atoms with van der Waals surface area (Å²) >= 11 is 5.67. The van der Waals surface area contributed by atoms with Crippen molar-refractivity contribution in [3.8, 4) is 0 Å². The molecule has 98 valence electrons. The molecule has 1 aromatic rings. The molecule has 0 saturated carbocycles. The molecule has 0 aliphatic carbocycles. The highest BCUT2D eigenvalue weighted by atomic mass is 35.5. The van der Waals surface area contributed by atoms with Crippen LogP contribution in [0.5, 0.6) is 0 Å². The van der Waals surface area contributed by atoms with Crippen LogP contribution >= 0.6 is 11.6 Å². The lowest BCUT2D eigenvalue weighted by Gasteiger charge is -2.16. The lowest BCUT2D eigenvalue weighted by Crippen LogP contribution is -2.30. The number of aliphatic hydroxyl groups excluding tert-OH is 1. The van der Waals surface area contributed by atoms with Crippen molar-refractivity contribution in [2.24, 2.45) is 0 Å². The number of hydrogen-bond donors (Lipinski definition) is 2. The number of piperidine rings is 1. The first-order chi connectivity index (χ1) is 7.72. The van der Waals surface area contributed by atoms with Crippen molar-refractivity contribution >= 4 is 11.6 Å². The largest absolute Gasteiger partial charge is 0.393 e. The standard InChI is InChI=1S/C8H9Cl.C5H11NO.CH4/c1-2-7-3-5-8(9)6-4-7;7-5-1-3-6-4-2-5;/h3-6H,2H2,1H3;5-7H,1-4H2;1H4. The van der Waals surface area contributed by atoms with E-state index in [0.29, 0.717) is 0 Å². The smallest absolute Gasteiger partial charge is 0.0564 e. The van der Waals surface area contributed by atoms with Crippen molar-refractivity contribution < 1.29 is 5.11 Å². The highest BCUT2D eigenvalue weighted by Gasteiger charge is 2.06. The van der Waals surface area contributed by atoms with E-state index in [1.54, 1.807) is 0 Å². The van der Waals surface area contributed by atoms with Gasteiger partial charge in [0, 0.05) is 5.02 Å². The maximum atomic E-state index is 8.87. The SMILES string of the molecule is C.CCc1ccc(Cl)cc1.OC1CCNCC1. The van der Waals surface area contributed by atoms with Gasteiger partial charge in [0.15, 0.2) is 0 Å². The Bertz CT molecular complexity index is 281. The van der Waals surface area contributed by atoms with Gasteiger partial charge in [0.2, 0.25) is 0 Å². The van der Waals surface area contributed by atoms with Crippen molar-refractivity contribution in [3.05, 3.63) is 34.9 Å². The van der Waals surface area contributed by atoms with E-state index in [9.17, 15) is 0 Å². The molecule has 0 bridgehead atoms. The molecule has 1 aromatic carbocycles. The predicted octanol–water partition coefficient (Wildman–Crippen LogP) is 3.27. The summed E-state index contributed by atoms with van der Waals surface area (Å²) in [6.07, 6.45) is 2.92. The van der Waals surface area contributed by atoms with Gasteiger partial charge < -0.3 is 10.4 Å². The Morgan fingerprint density at radius 1 is 1.24 bits per heavy atom. The highest BCUT2D eigenvalue weighted by molar-refractivity contribution is 6.30. The van der Waals surface area contributed by atoms with E-state index < -0.39 is 0 Å². The van der Waals surface area contributed by atoms with Crippen molar-refractivity contribution in [3.63, 3.8) is 0 Å². The Kier molecular flexibility index (Phi) is 9.14. The Balaban J connectivity index is 0.000000292. The van der Waals surface area contributed by atoms with Crippen molar-refractivity contribution in [2.45, 2.75) is 39.7 Å². The van der Waals surface area contributed by atoms with Crippen LogP contribution in [0.2, 0.25) is 5.02 Å². The van der Waals surface area contributed by atoms with Crippen LogP contribution in [-0.4, -0.2) is 24.3 Å². The van der Waals surface area contributed by atoms with Gasteiger partial charge in [0.05, 0.1) is 6.10 Å². The maximum absolute atomic E-state index is 8.87. The number of benzene rings is 1. The second kappa shape index (κ2) is 9.46. The first kappa shape index (κ1) is 16.4. The average Bonchev–Trinajstić information content (AvgIpc) is 2.32. The topological polar surface area (TPSA) is 32.3 Å². The third kappa shape index (κ3) is 7.37. The van der Waals surface area contributed by atoms with E-state index >= 15 is 0 Å². The fraction of sp³-hybridized carbons (Fsp3) is 0.571. The van der Waals surface area contributed by atoms with Crippen LogP contribution in [-0.2, 0) is 6.42 Å². The van der Waals surface area contributed by atoms with E-state index in [1.807, 2.05) is 24.3 Å². The summed E-state index contributed by atoms with van der Waals surface area (Å²) in [6, 6.07) is 7.92. The first-order valence-electron chi connectivity index (χ1n) is 5.85. The number of aryl methyl sites for hydroxylation is 1. The van der Waals surface area contributed by atoms with E-state index in [4.69, 9.17) is 16.7 Å². The van der Waals surface area contributed by atoms with Gasteiger partial charge in [-0.3, -0.25) is 0 Å². The monoisotopic (exact) mass is 257 g/mol. The lowest BCUT2D eigenvalue weighted by molar-refractivity contribution is 0.137. The number of rotatable bonds is 1. The zero-order valence-corrected chi connectivity index (χ0v) is 10.5. The van der Waals surface area contributed by atoms with Crippen LogP contribution in [0.15, 0.2) is 24.3 Å². The summed E-state index contributed by atoms with van der Waals surface area (Å²) in [7, 11) is 0. The number of halogens is 1. The summed E-state index contributed by atoms with van der Waals surface area (Å²) in [5.74, 6) is 0. The molecule has 0 amide bonds. The fourth-order valence-electron chi connectivity index (χ4n) is 1.53. The minimum absolute atomic E-state index is 0. The molecule has 0 atom stereocenters. The molecule has 0 radical (unpaired) electrons. The van der Waals surface area contributed by atoms with Crippen LogP contribution in [0.1, 0.15) is 32.8 Å². The third-order valence-corrected chi connectivity index (χ3v) is 2.88. The minimum Gasteiger partial charge on any atom is -0.393 e. The minimum atomic E-state index is -0.0266. The van der Waals surface area contributed by atoms with Crippen molar-refractivity contribution in [2.75, 3.05) is 13.1 Å². The highest BCUT2D eigenvalue weighted by Crippen LogP contribution is 2.09. The molecule has 0 unspecified atom stereocenters. The summed E-state index contributed by atoms with van der Waals surface area (Å²) in [5, 5.41) is 12.8. The summed E-state index contributed by atoms with van der Waals surface area (Å²) < 4.78 is 0. The third-order valence-electron chi connectivity index (χ3n) is 2.63. The second-order valence-corrected chi connectivity index (χ2v) is 4.40. The van der Waals surface area contributed by atoms with Crippen LogP contribution in [0.4, 0.5) is 0 Å². The molecule has 1 fully saturated rings. The van der Waals surface area contributed by atoms with E-state index in [1.165, 1.54) is 5.56 Å². The molecule has 2 nitrogen and oxygen atoms in total. The van der Waals surface area contributed by atoms with Crippen LogP contribution in [0.25, 0.3) is 0 Å². The molecule has 0 spiro atoms. The molecular formula is C14H24ClNO. The molecule has 2 N–H and O–H groups in total. The van der Waals surface area contributed by atoms with Crippen molar-refractivity contribution in [1.29, 1.82) is 0 Å². The molecule has 1 saturated heterocycles. The normalized spacial score (nSPS) is 15.5. The molecule has 3 heteroatoms. The van der Waals surface area contributed by atoms with Gasteiger partial charge in [-0.25, -0.2) is 0 Å². The van der Waals surface area contributed by atoms with Gasteiger partial charge in [-0.05, 0) is 50.0 Å². The van der Waals surface area contributed by atoms with E-state index in [0.717, 1.165) is 37.4 Å². The number of nitrogens with one attached hydrogen (secondary N) is 1. The molecule has 2 rings (SSSR count). The van der Waals surface area contributed by atoms with Crippen LogP contribution < -0.4 is 5.32 Å². The molecule has 1 heterocycles. The number of hydrogen-bond acceptors (Lipinski definition) is 2. The Hall–Kier alpha value is -0.570. The summed E-state index contributed by atoms with van der Waals surface area (Å²) in [4.78, 5) is 0. The van der Waals surface area contributed by atoms with Gasteiger partial charge in [-0.15, -0.1) is 0 Å². The van der Waals surface area contributed by atoms with Gasteiger partial charge >= 0.3 is 0 Å². The molecule has 1 aliphatic heterocycles. The van der Waals surface area contributed by atoms with Gasteiger partial charge in [-0.1, -0.05) is 38.1 Å². The lowest BCUT2D eigenvalue weighted by atomic mass is 10.1. The predicted molar refractivity (Wildman–Crippen MR) is 75.7 cm³/mol. The summed E-state index contributed by atoms with van der Waals surface area (Å²) in [5.41, 5.74) is 1.33. The molecule has 0 aromatic heterocycles. The average molecular weight is 258 g/mol. The van der Waals surface area contributed by atoms with Crippen LogP contribution in [0, 0.1) is 0 Å². The number of aliphatic hydroxyl groups is 1. The van der Waals surface area contributed by atoms with Crippen molar-refractivity contribution in [1.82, 2.24) is 5.32 Å².